The molecule has 1 rings (SSSR count). The Morgan fingerprint density at radius 3 is 1.64 bits per heavy atom. The maximum absolute atomic E-state index is 12.8. The van der Waals surface area contributed by atoms with E-state index in [9.17, 15) is 35.4 Å². The molecule has 8 atom stereocenters. The van der Waals surface area contributed by atoms with Crippen molar-refractivity contribution in [3.05, 3.63) is 0 Å². The molecule has 0 aliphatic carbocycles. The van der Waals surface area contributed by atoms with E-state index in [0.717, 1.165) is 51.4 Å². The lowest BCUT2D eigenvalue weighted by atomic mass is 9.98. The highest BCUT2D eigenvalue weighted by Crippen LogP contribution is 2.23. The van der Waals surface area contributed by atoms with Gasteiger partial charge in [-0.25, -0.2) is 0 Å². The minimum Gasteiger partial charge on any atom is -0.394 e. The first kappa shape index (κ1) is 42.2. The molecule has 0 saturated carbocycles. The zero-order valence-corrected chi connectivity index (χ0v) is 28.5. The third-order valence-corrected chi connectivity index (χ3v) is 9.05. The fourth-order valence-electron chi connectivity index (χ4n) is 5.96. The molecule has 0 spiro atoms. The first-order valence-electron chi connectivity index (χ1n) is 18.3. The standard InChI is InChI=1S/C35H69NO9/c1-3-5-7-9-11-13-14-15-16-18-20-22-24-30(39)36-27(26-44-35-34(43)33(42)32(41)29(25-37)45-35)31(40)28(38)23-21-19-17-12-10-8-6-4-2/h27-29,31-35,37-38,40-43H,3-26H2,1-2H3,(H,36,39)/t27-,28+,29+,31-,32-,33?,34?,35+/m0/s1. The van der Waals surface area contributed by atoms with Crippen molar-refractivity contribution in [1.29, 1.82) is 0 Å². The summed E-state index contributed by atoms with van der Waals surface area (Å²) in [4.78, 5) is 12.8. The van der Waals surface area contributed by atoms with E-state index in [1.165, 1.54) is 77.0 Å². The molecular formula is C35H69NO9. The van der Waals surface area contributed by atoms with Crippen molar-refractivity contribution < 1.29 is 44.9 Å². The maximum atomic E-state index is 12.8. The number of unbranched alkanes of at least 4 members (excludes halogenated alkanes) is 18. The second-order valence-electron chi connectivity index (χ2n) is 13.2. The van der Waals surface area contributed by atoms with Crippen LogP contribution >= 0.6 is 0 Å². The predicted molar refractivity (Wildman–Crippen MR) is 177 cm³/mol. The number of aliphatic hydroxyl groups is 6. The molecule has 2 unspecified atom stereocenters. The van der Waals surface area contributed by atoms with Crippen molar-refractivity contribution in [3.63, 3.8) is 0 Å². The zero-order valence-electron chi connectivity index (χ0n) is 28.5. The number of nitrogens with one attached hydrogen (secondary N) is 1. The highest BCUT2D eigenvalue weighted by Gasteiger charge is 2.44. The molecule has 1 heterocycles. The van der Waals surface area contributed by atoms with Gasteiger partial charge in [-0.05, 0) is 12.8 Å². The molecule has 0 aromatic heterocycles. The molecule has 1 saturated heterocycles. The van der Waals surface area contributed by atoms with E-state index < -0.39 is 55.6 Å². The van der Waals surface area contributed by atoms with Crippen LogP contribution in [-0.4, -0.2) is 98.7 Å². The Labute approximate surface area is 273 Å². The van der Waals surface area contributed by atoms with Gasteiger partial charge in [-0.2, -0.15) is 0 Å². The fraction of sp³-hybridized carbons (Fsp3) is 0.971. The van der Waals surface area contributed by atoms with Crippen molar-refractivity contribution in [3.8, 4) is 0 Å². The van der Waals surface area contributed by atoms with Crippen molar-refractivity contribution in [2.24, 2.45) is 0 Å². The van der Waals surface area contributed by atoms with Crippen molar-refractivity contribution in [1.82, 2.24) is 5.32 Å². The number of ether oxygens (including phenoxy) is 2. The number of hydrogen-bond donors (Lipinski definition) is 7. The van der Waals surface area contributed by atoms with Gasteiger partial charge in [-0.1, -0.05) is 136 Å². The molecule has 1 aliphatic rings. The maximum Gasteiger partial charge on any atom is 0.220 e. The molecule has 1 fully saturated rings. The summed E-state index contributed by atoms with van der Waals surface area (Å²) in [5.74, 6) is -0.261. The van der Waals surface area contributed by atoms with E-state index in [1.54, 1.807) is 0 Å². The lowest BCUT2D eigenvalue weighted by Crippen LogP contribution is -2.60. The Bertz CT molecular complexity index is 698. The topological polar surface area (TPSA) is 169 Å². The van der Waals surface area contributed by atoms with Gasteiger partial charge in [-0.15, -0.1) is 0 Å². The van der Waals surface area contributed by atoms with Crippen LogP contribution in [0.15, 0.2) is 0 Å². The van der Waals surface area contributed by atoms with Gasteiger partial charge in [0.2, 0.25) is 5.91 Å². The number of rotatable bonds is 29. The second kappa shape index (κ2) is 27.1. The molecule has 0 radical (unpaired) electrons. The fourth-order valence-corrected chi connectivity index (χ4v) is 5.96. The normalized spacial score (nSPS) is 24.0. The van der Waals surface area contributed by atoms with E-state index in [-0.39, 0.29) is 18.9 Å². The molecule has 7 N–H and O–H groups in total. The van der Waals surface area contributed by atoms with Crippen LogP contribution in [0.25, 0.3) is 0 Å². The predicted octanol–water partition coefficient (Wildman–Crippen LogP) is 4.63. The van der Waals surface area contributed by atoms with Crippen LogP contribution in [-0.2, 0) is 14.3 Å². The minimum absolute atomic E-state index is 0.261. The smallest absolute Gasteiger partial charge is 0.220 e. The summed E-state index contributed by atoms with van der Waals surface area (Å²) < 4.78 is 11.1. The van der Waals surface area contributed by atoms with Crippen LogP contribution in [0.2, 0.25) is 0 Å². The van der Waals surface area contributed by atoms with Gasteiger partial charge in [0, 0.05) is 6.42 Å². The van der Waals surface area contributed by atoms with Crippen molar-refractivity contribution >= 4 is 5.91 Å². The summed E-state index contributed by atoms with van der Waals surface area (Å²) in [6.45, 7) is 3.53. The summed E-state index contributed by atoms with van der Waals surface area (Å²) in [6.07, 6.45) is 14.2. The van der Waals surface area contributed by atoms with Gasteiger partial charge in [0.15, 0.2) is 6.29 Å². The third-order valence-electron chi connectivity index (χ3n) is 9.05. The average molecular weight is 648 g/mol. The van der Waals surface area contributed by atoms with Gasteiger partial charge in [0.1, 0.15) is 30.5 Å². The Morgan fingerprint density at radius 2 is 1.16 bits per heavy atom. The van der Waals surface area contributed by atoms with Gasteiger partial charge in [0.25, 0.3) is 0 Å². The number of aliphatic hydroxyl groups excluding tert-OH is 6. The van der Waals surface area contributed by atoms with E-state index in [0.29, 0.717) is 6.42 Å². The second-order valence-corrected chi connectivity index (χ2v) is 13.2. The molecule has 0 bridgehead atoms. The Balaban J connectivity index is 2.52. The van der Waals surface area contributed by atoms with Crippen LogP contribution in [0.3, 0.4) is 0 Å². The molecule has 1 amide bonds. The van der Waals surface area contributed by atoms with Gasteiger partial charge < -0.3 is 45.4 Å². The van der Waals surface area contributed by atoms with E-state index >= 15 is 0 Å². The first-order chi connectivity index (χ1) is 21.8. The van der Waals surface area contributed by atoms with Gasteiger partial charge >= 0.3 is 0 Å². The summed E-state index contributed by atoms with van der Waals surface area (Å²) in [7, 11) is 0. The number of carbonyl (C=O) groups excluding carboxylic acids is 1. The van der Waals surface area contributed by atoms with Crippen LogP contribution in [0.1, 0.15) is 155 Å². The summed E-state index contributed by atoms with van der Waals surface area (Å²) in [5.41, 5.74) is 0. The number of carbonyl (C=O) groups is 1. The van der Waals surface area contributed by atoms with Crippen molar-refractivity contribution in [2.45, 2.75) is 204 Å². The largest absolute Gasteiger partial charge is 0.394 e. The van der Waals surface area contributed by atoms with Crippen LogP contribution < -0.4 is 5.32 Å². The monoisotopic (exact) mass is 647 g/mol. The molecule has 0 aromatic carbocycles. The van der Waals surface area contributed by atoms with E-state index in [4.69, 9.17) is 9.47 Å². The molecule has 1 aliphatic heterocycles. The molecular weight excluding hydrogens is 578 g/mol. The number of amides is 1. The van der Waals surface area contributed by atoms with E-state index in [1.807, 2.05) is 0 Å². The third kappa shape index (κ3) is 18.9. The highest BCUT2D eigenvalue weighted by molar-refractivity contribution is 5.76. The first-order valence-corrected chi connectivity index (χ1v) is 18.3. The molecule has 0 aromatic rings. The van der Waals surface area contributed by atoms with Crippen LogP contribution in [0.4, 0.5) is 0 Å². The Kier molecular flexibility index (Phi) is 25.4. The van der Waals surface area contributed by atoms with Crippen LogP contribution in [0.5, 0.6) is 0 Å². The highest BCUT2D eigenvalue weighted by atomic mass is 16.7. The summed E-state index contributed by atoms with van der Waals surface area (Å²) in [5, 5.41) is 64.5. The molecule has 268 valence electrons. The van der Waals surface area contributed by atoms with Gasteiger partial charge in [0.05, 0.1) is 25.4 Å². The minimum atomic E-state index is -1.60. The average Bonchev–Trinajstić information content (AvgIpc) is 3.04. The Morgan fingerprint density at radius 1 is 0.689 bits per heavy atom. The SMILES string of the molecule is CCCCCCCCCCCCCCC(=O)N[C@@H](CO[C@@H]1O[C@H](CO)[C@H](O)C(O)C1O)[C@H](O)[C@H](O)CCCCCCCCCC. The quantitative estimate of drug-likeness (QED) is 0.0572. The summed E-state index contributed by atoms with van der Waals surface area (Å²) >= 11 is 0. The lowest BCUT2D eigenvalue weighted by molar-refractivity contribution is -0.303. The van der Waals surface area contributed by atoms with Crippen molar-refractivity contribution in [2.75, 3.05) is 13.2 Å². The lowest BCUT2D eigenvalue weighted by Gasteiger charge is -2.40. The molecule has 10 heteroatoms. The molecule has 45 heavy (non-hydrogen) atoms. The van der Waals surface area contributed by atoms with Gasteiger partial charge in [-0.3, -0.25) is 4.79 Å². The number of hydrogen-bond acceptors (Lipinski definition) is 9. The van der Waals surface area contributed by atoms with E-state index in [2.05, 4.69) is 19.2 Å². The Hall–Kier alpha value is -0.850. The zero-order chi connectivity index (χ0) is 33.3. The van der Waals surface area contributed by atoms with Crippen LogP contribution in [0, 0.1) is 0 Å². The summed E-state index contributed by atoms with van der Waals surface area (Å²) in [6, 6.07) is -0.980. The molecule has 10 nitrogen and oxygen atoms in total.